The third kappa shape index (κ3) is 1.80. The van der Waals surface area contributed by atoms with Gasteiger partial charge < -0.3 is 5.32 Å². The molecule has 1 fully saturated rings. The minimum absolute atomic E-state index is 0.652. The summed E-state index contributed by atoms with van der Waals surface area (Å²) in [6, 6.07) is 6.78. The molecule has 0 amide bonds. The highest BCUT2D eigenvalue weighted by atomic mass is 35.5. The number of hydrogen-bond donors (Lipinski definition) is 1. The zero-order valence-corrected chi connectivity index (χ0v) is 8.56. The Labute approximate surface area is 84.1 Å². The summed E-state index contributed by atoms with van der Waals surface area (Å²) in [5, 5.41) is 4.33. The van der Waals surface area contributed by atoms with Crippen LogP contribution in [-0.4, -0.2) is 6.04 Å². The van der Waals surface area contributed by atoms with Crippen molar-refractivity contribution in [3.8, 4) is 0 Å². The Balaban J connectivity index is 2.14. The van der Waals surface area contributed by atoms with E-state index in [0.717, 1.165) is 16.3 Å². The van der Waals surface area contributed by atoms with E-state index in [-0.39, 0.29) is 0 Å². The Morgan fingerprint density at radius 2 is 2.15 bits per heavy atom. The lowest BCUT2D eigenvalue weighted by molar-refractivity contribution is 0.445. The van der Waals surface area contributed by atoms with Gasteiger partial charge >= 0.3 is 0 Å². The molecule has 0 radical (unpaired) electrons. The van der Waals surface area contributed by atoms with E-state index in [1.807, 2.05) is 25.1 Å². The van der Waals surface area contributed by atoms with Crippen molar-refractivity contribution in [2.24, 2.45) is 0 Å². The molecule has 1 aliphatic rings. The molecule has 13 heavy (non-hydrogen) atoms. The number of nitrogens with one attached hydrogen (secondary N) is 1. The highest BCUT2D eigenvalue weighted by Gasteiger charge is 2.17. The Morgan fingerprint density at radius 3 is 2.77 bits per heavy atom. The maximum Gasteiger partial charge on any atom is 0.0666 e. The van der Waals surface area contributed by atoms with Crippen LogP contribution in [0.15, 0.2) is 18.2 Å². The molecule has 2 rings (SSSR count). The molecule has 0 unspecified atom stereocenters. The molecule has 1 aromatic carbocycles. The van der Waals surface area contributed by atoms with Gasteiger partial charge in [0.05, 0.1) is 10.7 Å². The van der Waals surface area contributed by atoms with Crippen LogP contribution in [0.4, 0.5) is 5.69 Å². The third-order valence-electron chi connectivity index (χ3n) is 2.66. The number of hydrogen-bond acceptors (Lipinski definition) is 1. The van der Waals surface area contributed by atoms with Crippen molar-refractivity contribution < 1.29 is 0 Å². The van der Waals surface area contributed by atoms with Crippen LogP contribution in [-0.2, 0) is 0 Å². The Morgan fingerprint density at radius 1 is 1.38 bits per heavy atom. The maximum atomic E-state index is 6.16. The first-order chi connectivity index (χ1) is 6.27. The molecule has 1 N–H and O–H groups in total. The molecular formula is C11H14ClN. The van der Waals surface area contributed by atoms with Crippen molar-refractivity contribution in [2.75, 3.05) is 5.32 Å². The van der Waals surface area contributed by atoms with Crippen LogP contribution in [0.2, 0.25) is 5.02 Å². The van der Waals surface area contributed by atoms with E-state index in [1.54, 1.807) is 0 Å². The van der Waals surface area contributed by atoms with E-state index >= 15 is 0 Å². The lowest BCUT2D eigenvalue weighted by atomic mass is 9.93. The second-order valence-corrected chi connectivity index (χ2v) is 4.09. The molecule has 0 bridgehead atoms. The molecular weight excluding hydrogens is 182 g/mol. The summed E-state index contributed by atoms with van der Waals surface area (Å²) >= 11 is 6.16. The fourth-order valence-corrected chi connectivity index (χ4v) is 1.71. The van der Waals surface area contributed by atoms with Gasteiger partial charge in [-0.2, -0.15) is 0 Å². The Bertz CT molecular complexity index is 305. The van der Waals surface area contributed by atoms with Gasteiger partial charge in [0.15, 0.2) is 0 Å². The normalized spacial score (nSPS) is 16.8. The predicted molar refractivity (Wildman–Crippen MR) is 57.5 cm³/mol. The standard InChI is InChI=1S/C11H14ClN/c1-8-4-2-7-10(11(8)12)13-9-5-3-6-9/h2,4,7,9,13H,3,5-6H2,1H3. The summed E-state index contributed by atoms with van der Waals surface area (Å²) in [5.41, 5.74) is 2.23. The third-order valence-corrected chi connectivity index (χ3v) is 3.16. The van der Waals surface area contributed by atoms with Crippen LogP contribution in [0.3, 0.4) is 0 Å². The SMILES string of the molecule is Cc1cccc(NC2CCC2)c1Cl. The van der Waals surface area contributed by atoms with Crippen LogP contribution in [0.1, 0.15) is 24.8 Å². The molecule has 1 aliphatic carbocycles. The zero-order chi connectivity index (χ0) is 9.26. The van der Waals surface area contributed by atoms with Gasteiger partial charge in [0.25, 0.3) is 0 Å². The van der Waals surface area contributed by atoms with Gasteiger partial charge in [-0.3, -0.25) is 0 Å². The number of benzene rings is 1. The first-order valence-electron chi connectivity index (χ1n) is 4.79. The van der Waals surface area contributed by atoms with Gasteiger partial charge in [0, 0.05) is 6.04 Å². The minimum Gasteiger partial charge on any atom is -0.381 e. The molecule has 0 atom stereocenters. The quantitative estimate of drug-likeness (QED) is 0.760. The highest BCUT2D eigenvalue weighted by molar-refractivity contribution is 6.34. The molecule has 0 spiro atoms. The molecule has 1 saturated carbocycles. The van der Waals surface area contributed by atoms with E-state index in [2.05, 4.69) is 5.32 Å². The highest BCUT2D eigenvalue weighted by Crippen LogP contribution is 2.29. The topological polar surface area (TPSA) is 12.0 Å². The largest absolute Gasteiger partial charge is 0.381 e. The summed E-state index contributed by atoms with van der Waals surface area (Å²) in [6.07, 6.45) is 3.91. The number of rotatable bonds is 2. The smallest absolute Gasteiger partial charge is 0.0666 e. The van der Waals surface area contributed by atoms with Gasteiger partial charge in [-0.1, -0.05) is 23.7 Å². The van der Waals surface area contributed by atoms with Crippen LogP contribution >= 0.6 is 11.6 Å². The number of halogens is 1. The fourth-order valence-electron chi connectivity index (χ4n) is 1.53. The molecule has 0 saturated heterocycles. The van der Waals surface area contributed by atoms with Crippen molar-refractivity contribution in [1.29, 1.82) is 0 Å². The molecule has 2 heteroatoms. The number of anilines is 1. The maximum absolute atomic E-state index is 6.16. The molecule has 0 aliphatic heterocycles. The van der Waals surface area contributed by atoms with Crippen molar-refractivity contribution in [3.63, 3.8) is 0 Å². The number of aryl methyl sites for hydroxylation is 1. The predicted octanol–water partition coefficient (Wildman–Crippen LogP) is 3.61. The first kappa shape index (κ1) is 8.89. The molecule has 70 valence electrons. The molecule has 0 heterocycles. The molecule has 1 aromatic rings. The Kier molecular flexibility index (Phi) is 2.45. The molecule has 1 nitrogen and oxygen atoms in total. The first-order valence-corrected chi connectivity index (χ1v) is 5.17. The van der Waals surface area contributed by atoms with Crippen LogP contribution < -0.4 is 5.32 Å². The van der Waals surface area contributed by atoms with Gasteiger partial charge in [-0.25, -0.2) is 0 Å². The van der Waals surface area contributed by atoms with Crippen molar-refractivity contribution in [1.82, 2.24) is 0 Å². The van der Waals surface area contributed by atoms with Gasteiger partial charge in [0.1, 0.15) is 0 Å². The monoisotopic (exact) mass is 195 g/mol. The lowest BCUT2D eigenvalue weighted by Gasteiger charge is -2.28. The second-order valence-electron chi connectivity index (χ2n) is 3.71. The van der Waals surface area contributed by atoms with Crippen LogP contribution in [0, 0.1) is 6.92 Å². The average Bonchev–Trinajstić information content (AvgIpc) is 2.04. The second kappa shape index (κ2) is 3.59. The summed E-state index contributed by atoms with van der Waals surface area (Å²) < 4.78 is 0. The van der Waals surface area contributed by atoms with Crippen molar-refractivity contribution in [3.05, 3.63) is 28.8 Å². The van der Waals surface area contributed by atoms with Crippen molar-refractivity contribution >= 4 is 17.3 Å². The van der Waals surface area contributed by atoms with E-state index in [0.29, 0.717) is 6.04 Å². The lowest BCUT2D eigenvalue weighted by Crippen LogP contribution is -2.27. The van der Waals surface area contributed by atoms with Gasteiger partial charge in [-0.05, 0) is 37.8 Å². The summed E-state index contributed by atoms with van der Waals surface area (Å²) in [7, 11) is 0. The minimum atomic E-state index is 0.652. The summed E-state index contributed by atoms with van der Waals surface area (Å²) in [5.74, 6) is 0. The molecule has 0 aromatic heterocycles. The van der Waals surface area contributed by atoms with Gasteiger partial charge in [-0.15, -0.1) is 0 Å². The average molecular weight is 196 g/mol. The van der Waals surface area contributed by atoms with Crippen LogP contribution in [0.25, 0.3) is 0 Å². The Hall–Kier alpha value is -0.690. The van der Waals surface area contributed by atoms with E-state index in [1.165, 1.54) is 19.3 Å². The van der Waals surface area contributed by atoms with Crippen molar-refractivity contribution in [2.45, 2.75) is 32.2 Å². The fraction of sp³-hybridized carbons (Fsp3) is 0.455. The van der Waals surface area contributed by atoms with E-state index in [4.69, 9.17) is 11.6 Å². The van der Waals surface area contributed by atoms with E-state index in [9.17, 15) is 0 Å². The zero-order valence-electron chi connectivity index (χ0n) is 7.81. The van der Waals surface area contributed by atoms with Gasteiger partial charge in [0.2, 0.25) is 0 Å². The summed E-state index contributed by atoms with van der Waals surface area (Å²) in [4.78, 5) is 0. The summed E-state index contributed by atoms with van der Waals surface area (Å²) in [6.45, 7) is 2.04. The van der Waals surface area contributed by atoms with Crippen LogP contribution in [0.5, 0.6) is 0 Å². The van der Waals surface area contributed by atoms with E-state index < -0.39 is 0 Å².